The number of carbonyl (C=O) groups excluding carboxylic acids is 5. The SMILES string of the molecule is CCC(C)[C@H](NC(=O)[C@H](Cc1ccc(O)cc1)NC(=O)[C@@H](CN)C(C)C)C(=O)N[C@@H](Cc1c[nH]cn1)C(=O)N1CCC[C@H]1C(=O)N[C@H](CC(=O)O)Cc1ccccc1. The summed E-state index contributed by atoms with van der Waals surface area (Å²) in [6.45, 7) is 7.66. The van der Waals surface area contributed by atoms with Gasteiger partial charge in [-0.1, -0.05) is 76.6 Å². The molecule has 5 amide bonds. The van der Waals surface area contributed by atoms with Gasteiger partial charge in [0.25, 0.3) is 0 Å². The molecule has 16 heteroatoms. The first-order chi connectivity index (χ1) is 27.7. The molecule has 0 spiro atoms. The molecule has 314 valence electrons. The molecule has 58 heavy (non-hydrogen) atoms. The van der Waals surface area contributed by atoms with Crippen LogP contribution < -0.4 is 27.0 Å². The molecule has 9 N–H and O–H groups in total. The molecule has 2 heterocycles. The maximum Gasteiger partial charge on any atom is 0.305 e. The van der Waals surface area contributed by atoms with Gasteiger partial charge in [-0.3, -0.25) is 28.8 Å². The van der Waals surface area contributed by atoms with Gasteiger partial charge in [-0.2, -0.15) is 0 Å². The number of H-pyrrole nitrogens is 1. The number of aromatic nitrogens is 2. The first kappa shape index (κ1) is 44.9. The summed E-state index contributed by atoms with van der Waals surface area (Å²) >= 11 is 0. The van der Waals surface area contributed by atoms with Crippen LogP contribution in [0.15, 0.2) is 67.1 Å². The van der Waals surface area contributed by atoms with Crippen LogP contribution in [0.3, 0.4) is 0 Å². The number of rotatable bonds is 21. The first-order valence-corrected chi connectivity index (χ1v) is 19.9. The molecule has 1 aliphatic rings. The second-order valence-corrected chi connectivity index (χ2v) is 15.4. The highest BCUT2D eigenvalue weighted by Gasteiger charge is 2.40. The molecule has 1 saturated heterocycles. The molecule has 1 unspecified atom stereocenters. The number of phenolic OH excluding ortho intramolecular Hbond substituents is 1. The number of carboxylic acids is 1. The van der Waals surface area contributed by atoms with E-state index in [2.05, 4.69) is 31.2 Å². The predicted octanol–water partition coefficient (Wildman–Crippen LogP) is 1.83. The lowest BCUT2D eigenvalue weighted by atomic mass is 9.93. The van der Waals surface area contributed by atoms with Gasteiger partial charge in [0, 0.05) is 38.2 Å². The molecule has 0 bridgehead atoms. The number of hydrogen-bond acceptors (Lipinski definition) is 9. The zero-order valence-corrected chi connectivity index (χ0v) is 33.6. The second kappa shape index (κ2) is 21.7. The van der Waals surface area contributed by atoms with E-state index >= 15 is 0 Å². The minimum atomic E-state index is -1.18. The van der Waals surface area contributed by atoms with Gasteiger partial charge in [0.2, 0.25) is 29.5 Å². The Morgan fingerprint density at radius 2 is 1.53 bits per heavy atom. The number of phenols is 1. The van der Waals surface area contributed by atoms with Gasteiger partial charge >= 0.3 is 5.97 Å². The zero-order chi connectivity index (χ0) is 42.4. The largest absolute Gasteiger partial charge is 0.508 e. The van der Waals surface area contributed by atoms with E-state index in [4.69, 9.17) is 5.73 Å². The van der Waals surface area contributed by atoms with E-state index in [9.17, 15) is 39.0 Å². The molecule has 0 aliphatic carbocycles. The Morgan fingerprint density at radius 1 is 0.862 bits per heavy atom. The Labute approximate surface area is 339 Å². The van der Waals surface area contributed by atoms with Crippen LogP contribution in [-0.2, 0) is 48.0 Å². The number of aromatic hydroxyl groups is 1. The highest BCUT2D eigenvalue weighted by Crippen LogP contribution is 2.21. The van der Waals surface area contributed by atoms with Crippen LogP contribution >= 0.6 is 0 Å². The number of carbonyl (C=O) groups is 6. The fourth-order valence-corrected chi connectivity index (χ4v) is 7.15. The van der Waals surface area contributed by atoms with Gasteiger partial charge in [-0.15, -0.1) is 0 Å². The summed E-state index contributed by atoms with van der Waals surface area (Å²) in [5.74, 6) is -4.82. The number of imidazole rings is 1. The minimum absolute atomic E-state index is 0.0229. The number of nitrogens with one attached hydrogen (secondary N) is 5. The summed E-state index contributed by atoms with van der Waals surface area (Å²) in [6, 6.07) is 10.4. The lowest BCUT2D eigenvalue weighted by Crippen LogP contribution is -2.60. The van der Waals surface area contributed by atoms with Crippen molar-refractivity contribution in [1.82, 2.24) is 36.1 Å². The monoisotopic (exact) mass is 802 g/mol. The number of hydrogen-bond donors (Lipinski definition) is 8. The normalized spacial score (nSPS) is 17.0. The third kappa shape index (κ3) is 12.9. The van der Waals surface area contributed by atoms with Gasteiger partial charge in [0.1, 0.15) is 29.9 Å². The number of nitrogens with zero attached hydrogens (tertiary/aromatic N) is 2. The van der Waals surface area contributed by atoms with Crippen LogP contribution in [0.2, 0.25) is 0 Å². The van der Waals surface area contributed by atoms with Gasteiger partial charge in [0.05, 0.1) is 24.4 Å². The molecule has 1 aromatic heterocycles. The molecule has 0 saturated carbocycles. The van der Waals surface area contributed by atoms with E-state index in [1.165, 1.54) is 23.4 Å². The molecule has 4 rings (SSSR count). The molecular formula is C42H58N8O8. The highest BCUT2D eigenvalue weighted by molar-refractivity contribution is 5.96. The third-order valence-corrected chi connectivity index (χ3v) is 10.7. The van der Waals surface area contributed by atoms with Crippen molar-refractivity contribution in [2.45, 2.75) is 103 Å². The molecule has 16 nitrogen and oxygen atoms in total. The van der Waals surface area contributed by atoms with Crippen molar-refractivity contribution in [2.24, 2.45) is 23.5 Å². The molecule has 1 aliphatic heterocycles. The maximum absolute atomic E-state index is 14.4. The molecule has 0 radical (unpaired) electrons. The lowest BCUT2D eigenvalue weighted by Gasteiger charge is -2.32. The Morgan fingerprint density at radius 3 is 2.14 bits per heavy atom. The van der Waals surface area contributed by atoms with E-state index in [-0.39, 0.29) is 50.4 Å². The van der Waals surface area contributed by atoms with E-state index in [1.54, 1.807) is 25.3 Å². The quantitative estimate of drug-likeness (QED) is 0.0776. The molecular weight excluding hydrogens is 745 g/mol. The summed E-state index contributed by atoms with van der Waals surface area (Å²) in [6.07, 6.45) is 4.37. The van der Waals surface area contributed by atoms with Gasteiger partial charge in [0.15, 0.2) is 0 Å². The molecule has 1 fully saturated rings. The zero-order valence-electron chi connectivity index (χ0n) is 33.6. The van der Waals surface area contributed by atoms with Crippen LogP contribution in [0.5, 0.6) is 5.75 Å². The lowest BCUT2D eigenvalue weighted by molar-refractivity contribution is -0.142. The van der Waals surface area contributed by atoms with Crippen LogP contribution in [0, 0.1) is 17.8 Å². The predicted molar refractivity (Wildman–Crippen MR) is 216 cm³/mol. The van der Waals surface area contributed by atoms with Crippen molar-refractivity contribution < 1.29 is 39.0 Å². The average Bonchev–Trinajstić information content (AvgIpc) is 3.90. The number of aliphatic carboxylic acids is 1. The summed E-state index contributed by atoms with van der Waals surface area (Å²) in [5, 5.41) is 30.8. The molecule has 2 aromatic carbocycles. The van der Waals surface area contributed by atoms with Crippen molar-refractivity contribution in [1.29, 1.82) is 0 Å². The Kier molecular flexibility index (Phi) is 16.8. The Bertz CT molecular complexity index is 1820. The van der Waals surface area contributed by atoms with Crippen LogP contribution in [0.4, 0.5) is 0 Å². The van der Waals surface area contributed by atoms with Gasteiger partial charge in [-0.25, -0.2) is 4.98 Å². The third-order valence-electron chi connectivity index (χ3n) is 10.7. The van der Waals surface area contributed by atoms with Crippen LogP contribution in [0.25, 0.3) is 0 Å². The van der Waals surface area contributed by atoms with Gasteiger partial charge in [-0.05, 0) is 54.4 Å². The number of carboxylic acid groups (broad SMARTS) is 1. The van der Waals surface area contributed by atoms with E-state index < -0.39 is 77.6 Å². The number of aromatic amines is 1. The summed E-state index contributed by atoms with van der Waals surface area (Å²) in [4.78, 5) is 90.1. The summed E-state index contributed by atoms with van der Waals surface area (Å²) in [5.41, 5.74) is 7.88. The minimum Gasteiger partial charge on any atom is -0.508 e. The topological polar surface area (TPSA) is 249 Å². The fraction of sp³-hybridized carbons (Fsp3) is 0.500. The first-order valence-electron chi connectivity index (χ1n) is 19.9. The van der Waals surface area contributed by atoms with Crippen molar-refractivity contribution in [2.75, 3.05) is 13.1 Å². The van der Waals surface area contributed by atoms with E-state index in [0.29, 0.717) is 30.5 Å². The maximum atomic E-state index is 14.4. The summed E-state index contributed by atoms with van der Waals surface area (Å²) in [7, 11) is 0. The second-order valence-electron chi connectivity index (χ2n) is 15.4. The standard InChI is InChI=1S/C42H58N8O8/c1-5-26(4)37(49-39(55)33(19-28-13-15-31(51)16-14-28)47-38(54)32(22-43)25(2)3)41(57)48-34(20-30-23-44-24-45-30)42(58)50-17-9-12-35(50)40(56)46-29(21-36(52)53)18-27-10-7-6-8-11-27/h6-8,10-11,13-16,23-26,29,32-35,37,51H,5,9,12,17-22,43H2,1-4H3,(H,44,45)(H,46,56)(H,47,54)(H,48,57)(H,49,55)(H,52,53)/t26?,29-,32-,33-,34-,35-,37-/m0/s1. The van der Waals surface area contributed by atoms with Crippen molar-refractivity contribution in [3.63, 3.8) is 0 Å². The van der Waals surface area contributed by atoms with Crippen molar-refractivity contribution in [3.8, 4) is 5.75 Å². The van der Waals surface area contributed by atoms with E-state index in [0.717, 1.165) is 5.56 Å². The molecule has 3 aromatic rings. The van der Waals surface area contributed by atoms with Gasteiger partial charge < -0.3 is 47.1 Å². The summed E-state index contributed by atoms with van der Waals surface area (Å²) < 4.78 is 0. The number of likely N-dealkylation sites (tertiary alicyclic amines) is 1. The van der Waals surface area contributed by atoms with Crippen LogP contribution in [-0.4, -0.2) is 104 Å². The van der Waals surface area contributed by atoms with Crippen LogP contribution in [0.1, 0.15) is 70.2 Å². The molecule has 7 atom stereocenters. The number of amides is 5. The fourth-order valence-electron chi connectivity index (χ4n) is 7.15. The van der Waals surface area contributed by atoms with Crippen molar-refractivity contribution >= 4 is 35.5 Å². The average molecular weight is 803 g/mol. The Balaban J connectivity index is 1.56. The Hall–Kier alpha value is -5.77. The number of benzene rings is 2. The van der Waals surface area contributed by atoms with E-state index in [1.807, 2.05) is 51.1 Å². The smallest absolute Gasteiger partial charge is 0.305 e. The van der Waals surface area contributed by atoms with Crippen molar-refractivity contribution in [3.05, 3.63) is 83.9 Å². The number of nitrogens with two attached hydrogens (primary N) is 1. The highest BCUT2D eigenvalue weighted by atomic mass is 16.4.